The van der Waals surface area contributed by atoms with Gasteiger partial charge in [0.15, 0.2) is 5.01 Å². The number of anilines is 2. The van der Waals surface area contributed by atoms with Crippen molar-refractivity contribution in [3.8, 4) is 10.6 Å². The minimum atomic E-state index is -0.395. The highest BCUT2D eigenvalue weighted by atomic mass is 32.1. The van der Waals surface area contributed by atoms with Crippen LogP contribution in [0.3, 0.4) is 0 Å². The third-order valence-electron chi connectivity index (χ3n) is 3.72. The van der Waals surface area contributed by atoms with E-state index >= 15 is 0 Å². The Labute approximate surface area is 137 Å². The van der Waals surface area contributed by atoms with Crippen LogP contribution in [0.25, 0.3) is 21.5 Å². The normalized spacial score (nSPS) is 10.9. The zero-order valence-corrected chi connectivity index (χ0v) is 14.1. The van der Waals surface area contributed by atoms with Crippen molar-refractivity contribution < 1.29 is 4.42 Å². The average Bonchev–Trinajstić information content (AvgIpc) is 3.04. The molecule has 0 atom stereocenters. The molecule has 1 N–H and O–H groups in total. The zero-order chi connectivity index (χ0) is 16.4. The van der Waals surface area contributed by atoms with Crippen molar-refractivity contribution in [3.05, 3.63) is 34.7 Å². The predicted molar refractivity (Wildman–Crippen MR) is 94.5 cm³/mol. The second-order valence-electron chi connectivity index (χ2n) is 5.00. The lowest BCUT2D eigenvalue weighted by molar-refractivity contribution is 0.563. The van der Waals surface area contributed by atoms with E-state index in [1.807, 2.05) is 24.3 Å². The Morgan fingerprint density at radius 2 is 2.00 bits per heavy atom. The van der Waals surface area contributed by atoms with Crippen molar-refractivity contribution in [3.63, 3.8) is 0 Å². The van der Waals surface area contributed by atoms with E-state index in [9.17, 15) is 4.79 Å². The van der Waals surface area contributed by atoms with E-state index in [2.05, 4.69) is 34.3 Å². The molecule has 0 radical (unpaired) electrons. The maximum absolute atomic E-state index is 12.3. The van der Waals surface area contributed by atoms with Gasteiger partial charge in [0.05, 0.1) is 5.56 Å². The van der Waals surface area contributed by atoms with Crippen molar-refractivity contribution in [2.45, 2.75) is 13.8 Å². The Morgan fingerprint density at radius 3 is 2.65 bits per heavy atom. The number of nitrogens with one attached hydrogen (secondary N) is 1. The van der Waals surface area contributed by atoms with E-state index in [4.69, 9.17) is 4.42 Å². The molecule has 0 fully saturated rings. The molecule has 2 heterocycles. The summed E-state index contributed by atoms with van der Waals surface area (Å²) in [5, 5.41) is 13.0. The number of rotatable bonds is 5. The quantitative estimate of drug-likeness (QED) is 0.724. The van der Waals surface area contributed by atoms with Gasteiger partial charge in [0, 0.05) is 37.3 Å². The summed E-state index contributed by atoms with van der Waals surface area (Å²) < 4.78 is 5.51. The molecule has 7 heteroatoms. The number of aromatic nitrogens is 2. The lowest BCUT2D eigenvalue weighted by Crippen LogP contribution is -2.21. The molecule has 23 heavy (non-hydrogen) atoms. The predicted octanol–water partition coefficient (Wildman–Crippen LogP) is 3.20. The zero-order valence-electron chi connectivity index (χ0n) is 13.3. The van der Waals surface area contributed by atoms with Gasteiger partial charge in [-0.25, -0.2) is 4.79 Å². The van der Waals surface area contributed by atoms with Gasteiger partial charge in [0.1, 0.15) is 5.58 Å². The van der Waals surface area contributed by atoms with Gasteiger partial charge in [-0.2, -0.15) is 0 Å². The first kappa shape index (κ1) is 15.5. The molecule has 3 rings (SSSR count). The minimum Gasteiger partial charge on any atom is -0.422 e. The summed E-state index contributed by atoms with van der Waals surface area (Å²) in [4.78, 5) is 14.5. The van der Waals surface area contributed by atoms with Gasteiger partial charge >= 0.3 is 5.63 Å². The fourth-order valence-electron chi connectivity index (χ4n) is 2.47. The Hall–Kier alpha value is -2.41. The van der Waals surface area contributed by atoms with Crippen LogP contribution in [0.15, 0.2) is 33.5 Å². The topological polar surface area (TPSA) is 71.3 Å². The first-order chi connectivity index (χ1) is 11.2. The van der Waals surface area contributed by atoms with Crippen LogP contribution in [0.4, 0.5) is 10.8 Å². The number of benzene rings is 1. The summed E-state index contributed by atoms with van der Waals surface area (Å²) in [6, 6.07) is 7.73. The molecule has 0 saturated carbocycles. The summed E-state index contributed by atoms with van der Waals surface area (Å²) in [5.41, 5.74) is 1.67. The molecule has 0 saturated heterocycles. The van der Waals surface area contributed by atoms with Gasteiger partial charge in [-0.15, -0.1) is 10.2 Å². The highest BCUT2D eigenvalue weighted by molar-refractivity contribution is 7.18. The first-order valence-corrected chi connectivity index (χ1v) is 8.32. The van der Waals surface area contributed by atoms with Crippen molar-refractivity contribution in [1.82, 2.24) is 10.2 Å². The number of nitrogens with zero attached hydrogens (tertiary/aromatic N) is 3. The van der Waals surface area contributed by atoms with Crippen LogP contribution in [0.2, 0.25) is 0 Å². The Kier molecular flexibility index (Phi) is 4.29. The van der Waals surface area contributed by atoms with Gasteiger partial charge in [-0.3, -0.25) is 0 Å². The second kappa shape index (κ2) is 6.37. The number of fused-ring (bicyclic) bond motifs is 1. The highest BCUT2D eigenvalue weighted by Gasteiger charge is 2.13. The highest BCUT2D eigenvalue weighted by Crippen LogP contribution is 2.28. The molecule has 3 aromatic rings. The van der Waals surface area contributed by atoms with Crippen LogP contribution >= 0.6 is 11.3 Å². The molecule has 0 spiro atoms. The van der Waals surface area contributed by atoms with Gasteiger partial charge in [0.2, 0.25) is 5.13 Å². The van der Waals surface area contributed by atoms with E-state index in [-0.39, 0.29) is 0 Å². The molecule has 6 nitrogen and oxygen atoms in total. The molecule has 0 unspecified atom stereocenters. The lowest BCUT2D eigenvalue weighted by atomic mass is 10.1. The fraction of sp³-hybridized carbons (Fsp3) is 0.312. The van der Waals surface area contributed by atoms with Gasteiger partial charge < -0.3 is 14.6 Å². The summed E-state index contributed by atoms with van der Waals surface area (Å²) in [7, 11) is 1.77. The average molecular weight is 330 g/mol. The molecular formula is C16H18N4O2S. The fourth-order valence-corrected chi connectivity index (χ4v) is 3.17. The van der Waals surface area contributed by atoms with Crippen molar-refractivity contribution >= 4 is 33.1 Å². The van der Waals surface area contributed by atoms with E-state index in [0.717, 1.165) is 24.2 Å². The van der Waals surface area contributed by atoms with Crippen LogP contribution < -0.4 is 15.8 Å². The summed E-state index contributed by atoms with van der Waals surface area (Å²) >= 11 is 1.32. The van der Waals surface area contributed by atoms with E-state index in [0.29, 0.717) is 21.3 Å². The monoisotopic (exact) mass is 330 g/mol. The second-order valence-corrected chi connectivity index (χ2v) is 5.98. The van der Waals surface area contributed by atoms with Crippen LogP contribution in [0, 0.1) is 0 Å². The Balaban J connectivity index is 2.08. The van der Waals surface area contributed by atoms with Crippen molar-refractivity contribution in [1.29, 1.82) is 0 Å². The van der Waals surface area contributed by atoms with Crippen LogP contribution in [0.5, 0.6) is 0 Å². The third kappa shape index (κ3) is 2.92. The number of hydrogen-bond acceptors (Lipinski definition) is 7. The molecule has 0 aliphatic rings. The van der Waals surface area contributed by atoms with Gasteiger partial charge in [0.25, 0.3) is 0 Å². The molecule has 0 amide bonds. The van der Waals surface area contributed by atoms with E-state index in [1.54, 1.807) is 7.05 Å². The molecule has 0 aliphatic heterocycles. The molecule has 0 bridgehead atoms. The van der Waals surface area contributed by atoms with Gasteiger partial charge in [-0.05, 0) is 32.0 Å². The van der Waals surface area contributed by atoms with Crippen molar-refractivity contribution in [2.24, 2.45) is 0 Å². The van der Waals surface area contributed by atoms with E-state index < -0.39 is 5.63 Å². The minimum absolute atomic E-state index is 0.395. The van der Waals surface area contributed by atoms with Crippen molar-refractivity contribution in [2.75, 3.05) is 30.4 Å². The molecular weight excluding hydrogens is 312 g/mol. The molecule has 0 aliphatic carbocycles. The molecule has 120 valence electrons. The smallest absolute Gasteiger partial charge is 0.346 e. The van der Waals surface area contributed by atoms with E-state index in [1.165, 1.54) is 11.3 Å². The third-order valence-corrected chi connectivity index (χ3v) is 4.69. The van der Waals surface area contributed by atoms with Crippen LogP contribution in [0.1, 0.15) is 13.8 Å². The SMILES string of the molecule is CCN(CC)c1ccc2cc(-c3nnc(NC)s3)c(=O)oc2c1. The maximum Gasteiger partial charge on any atom is 0.346 e. The van der Waals surface area contributed by atoms with Gasteiger partial charge in [-0.1, -0.05) is 11.3 Å². The maximum atomic E-state index is 12.3. The molecule has 2 aromatic heterocycles. The Bertz CT molecular complexity index is 883. The molecule has 1 aromatic carbocycles. The van der Waals surface area contributed by atoms with Crippen LogP contribution in [-0.4, -0.2) is 30.3 Å². The lowest BCUT2D eigenvalue weighted by Gasteiger charge is -2.20. The first-order valence-electron chi connectivity index (χ1n) is 7.50. The number of hydrogen-bond donors (Lipinski definition) is 1. The van der Waals surface area contributed by atoms with Crippen LogP contribution in [-0.2, 0) is 0 Å². The summed E-state index contributed by atoms with van der Waals surface area (Å²) in [5.74, 6) is 0. The largest absolute Gasteiger partial charge is 0.422 e. The Morgan fingerprint density at radius 1 is 1.22 bits per heavy atom. The standard InChI is InChI=1S/C16H18N4O2S/c1-4-20(5-2)11-7-6-10-8-12(15(21)22-13(10)9-11)14-18-19-16(17-3)23-14/h6-9H,4-5H2,1-3H3,(H,17,19). The summed E-state index contributed by atoms with van der Waals surface area (Å²) in [6.07, 6.45) is 0. The summed E-state index contributed by atoms with van der Waals surface area (Å²) in [6.45, 7) is 6.01.